The van der Waals surface area contributed by atoms with Crippen molar-refractivity contribution in [2.75, 3.05) is 15.6 Å². The second kappa shape index (κ2) is 6.95. The first kappa shape index (κ1) is 18.8. The van der Waals surface area contributed by atoms with Gasteiger partial charge in [0, 0.05) is 11.3 Å². The molecule has 2 heterocycles. The van der Waals surface area contributed by atoms with Crippen LogP contribution in [0.1, 0.15) is 11.1 Å². The lowest BCUT2D eigenvalue weighted by Crippen LogP contribution is -2.49. The van der Waals surface area contributed by atoms with E-state index in [-0.39, 0.29) is 29.9 Å². The molecule has 2 amide bonds. The van der Waals surface area contributed by atoms with Crippen molar-refractivity contribution in [1.29, 1.82) is 0 Å². The first-order valence-electron chi connectivity index (χ1n) is 9.39. The number of halogens is 2. The molecule has 3 aromatic carbocycles. The van der Waals surface area contributed by atoms with Crippen molar-refractivity contribution in [3.05, 3.63) is 95.6 Å². The number of thioether (sulfide) groups is 1. The van der Waals surface area contributed by atoms with Gasteiger partial charge in [-0.25, -0.2) is 8.78 Å². The average Bonchev–Trinajstić information content (AvgIpc) is 3.22. The Bertz CT molecular complexity index is 1150. The number of anilines is 2. The maximum Gasteiger partial charge on any atom is 0.269 e. The summed E-state index contributed by atoms with van der Waals surface area (Å²) in [7, 11) is 0. The van der Waals surface area contributed by atoms with Crippen molar-refractivity contribution in [2.24, 2.45) is 0 Å². The van der Waals surface area contributed by atoms with Crippen molar-refractivity contribution in [2.45, 2.75) is 11.4 Å². The van der Waals surface area contributed by atoms with E-state index in [1.165, 1.54) is 53.1 Å². The van der Waals surface area contributed by atoms with E-state index in [0.717, 1.165) is 11.1 Å². The standard InChI is InChI=1S/C23H16F2N2O2S/c24-16-7-5-15(6-8-16)13-26-20-4-2-1-3-19(20)23(22(26)29)27(21(28)14-30-23)18-11-9-17(25)10-12-18/h1-12H,13-14H2/t23-/m1/s1. The molecule has 1 fully saturated rings. The Balaban J connectivity index is 1.62. The normalized spacial score (nSPS) is 20.3. The minimum atomic E-state index is -1.24. The van der Waals surface area contributed by atoms with Gasteiger partial charge >= 0.3 is 0 Å². The lowest BCUT2D eigenvalue weighted by molar-refractivity contribution is -0.123. The lowest BCUT2D eigenvalue weighted by atomic mass is 10.0. The van der Waals surface area contributed by atoms with Gasteiger partial charge in [-0.3, -0.25) is 14.5 Å². The Morgan fingerprint density at radius 3 is 2.20 bits per heavy atom. The van der Waals surface area contributed by atoms with Crippen LogP contribution in [0.2, 0.25) is 0 Å². The van der Waals surface area contributed by atoms with E-state index in [9.17, 15) is 18.4 Å². The third kappa shape index (κ3) is 2.73. The van der Waals surface area contributed by atoms with Crippen LogP contribution in [0.3, 0.4) is 0 Å². The second-order valence-electron chi connectivity index (χ2n) is 7.17. The van der Waals surface area contributed by atoms with E-state index in [1.807, 2.05) is 24.3 Å². The number of hydrogen-bond acceptors (Lipinski definition) is 3. The molecule has 0 aliphatic carbocycles. The van der Waals surface area contributed by atoms with Crippen molar-refractivity contribution in [3.8, 4) is 0 Å². The van der Waals surface area contributed by atoms with Gasteiger partial charge in [0.1, 0.15) is 11.6 Å². The zero-order valence-electron chi connectivity index (χ0n) is 15.7. The van der Waals surface area contributed by atoms with Gasteiger partial charge in [0.05, 0.1) is 18.0 Å². The Hall–Kier alpha value is -3.19. The van der Waals surface area contributed by atoms with Crippen LogP contribution in [0.25, 0.3) is 0 Å². The Labute approximate surface area is 176 Å². The number of benzene rings is 3. The fourth-order valence-electron chi connectivity index (χ4n) is 4.07. The molecule has 0 aromatic heterocycles. The minimum Gasteiger partial charge on any atom is -0.304 e. The van der Waals surface area contributed by atoms with Crippen LogP contribution < -0.4 is 9.80 Å². The van der Waals surface area contributed by atoms with Gasteiger partial charge in [0.15, 0.2) is 0 Å². The van der Waals surface area contributed by atoms with Crippen LogP contribution >= 0.6 is 11.8 Å². The summed E-state index contributed by atoms with van der Waals surface area (Å²) in [6.07, 6.45) is 0. The fourth-order valence-corrected chi connectivity index (χ4v) is 5.43. The molecule has 0 N–H and O–H groups in total. The smallest absolute Gasteiger partial charge is 0.269 e. The maximum atomic E-state index is 13.8. The van der Waals surface area contributed by atoms with Crippen molar-refractivity contribution in [3.63, 3.8) is 0 Å². The van der Waals surface area contributed by atoms with Crippen LogP contribution in [0, 0.1) is 11.6 Å². The molecule has 0 unspecified atom stereocenters. The number of nitrogens with zero attached hydrogens (tertiary/aromatic N) is 2. The van der Waals surface area contributed by atoms with Crippen LogP contribution in [0.15, 0.2) is 72.8 Å². The third-order valence-electron chi connectivity index (χ3n) is 5.40. The summed E-state index contributed by atoms with van der Waals surface area (Å²) >= 11 is 1.27. The molecular formula is C23H16F2N2O2S. The van der Waals surface area contributed by atoms with E-state index < -0.39 is 10.7 Å². The number of carbonyl (C=O) groups is 2. The minimum absolute atomic E-state index is 0.141. The fraction of sp³-hybridized carbons (Fsp3) is 0.130. The zero-order chi connectivity index (χ0) is 20.9. The van der Waals surface area contributed by atoms with Crippen molar-refractivity contribution >= 4 is 35.0 Å². The summed E-state index contributed by atoms with van der Waals surface area (Å²) in [5, 5.41) is 0. The number of fused-ring (bicyclic) bond motifs is 2. The predicted molar refractivity (Wildman–Crippen MR) is 112 cm³/mol. The molecule has 30 heavy (non-hydrogen) atoms. The van der Waals surface area contributed by atoms with Crippen molar-refractivity contribution < 1.29 is 18.4 Å². The summed E-state index contributed by atoms with van der Waals surface area (Å²) < 4.78 is 26.8. The van der Waals surface area contributed by atoms with Gasteiger partial charge in [-0.1, -0.05) is 30.3 Å². The van der Waals surface area contributed by atoms with E-state index in [2.05, 4.69) is 0 Å². The molecule has 4 nitrogen and oxygen atoms in total. The van der Waals surface area contributed by atoms with Gasteiger partial charge in [-0.05, 0) is 48.0 Å². The monoisotopic (exact) mass is 422 g/mol. The molecule has 1 spiro atoms. The molecule has 0 bridgehead atoms. The molecule has 1 atom stereocenters. The van der Waals surface area contributed by atoms with Crippen LogP contribution in [0.4, 0.5) is 20.2 Å². The molecule has 150 valence electrons. The van der Waals surface area contributed by atoms with Crippen LogP contribution in [-0.2, 0) is 21.0 Å². The number of carbonyl (C=O) groups excluding carboxylic acids is 2. The highest BCUT2D eigenvalue weighted by atomic mass is 32.2. The highest BCUT2D eigenvalue weighted by Crippen LogP contribution is 2.55. The topological polar surface area (TPSA) is 40.6 Å². The number of para-hydroxylation sites is 1. The summed E-state index contributed by atoms with van der Waals surface area (Å²) in [6.45, 7) is 0.254. The Morgan fingerprint density at radius 1 is 0.867 bits per heavy atom. The molecule has 0 saturated carbocycles. The number of hydrogen-bond donors (Lipinski definition) is 0. The number of rotatable bonds is 3. The summed E-state index contributed by atoms with van der Waals surface area (Å²) in [4.78, 5) is 28.6. The molecule has 1 saturated heterocycles. The molecule has 5 rings (SSSR count). The average molecular weight is 422 g/mol. The van der Waals surface area contributed by atoms with Gasteiger partial charge in [-0.15, -0.1) is 11.8 Å². The quantitative estimate of drug-likeness (QED) is 0.627. The van der Waals surface area contributed by atoms with E-state index in [1.54, 1.807) is 17.0 Å². The van der Waals surface area contributed by atoms with Gasteiger partial charge in [0.2, 0.25) is 10.8 Å². The molecule has 0 radical (unpaired) electrons. The Morgan fingerprint density at radius 2 is 1.50 bits per heavy atom. The van der Waals surface area contributed by atoms with Gasteiger partial charge in [-0.2, -0.15) is 0 Å². The molecule has 7 heteroatoms. The first-order chi connectivity index (χ1) is 14.5. The second-order valence-corrected chi connectivity index (χ2v) is 8.34. The molecule has 2 aliphatic heterocycles. The Kier molecular flexibility index (Phi) is 4.36. The number of amides is 2. The zero-order valence-corrected chi connectivity index (χ0v) is 16.5. The SMILES string of the molecule is O=C1CS[C@]2(C(=O)N(Cc3ccc(F)cc3)c3ccccc32)N1c1ccc(F)cc1. The van der Waals surface area contributed by atoms with Gasteiger partial charge < -0.3 is 4.90 Å². The first-order valence-corrected chi connectivity index (χ1v) is 10.4. The van der Waals surface area contributed by atoms with Crippen LogP contribution in [-0.4, -0.2) is 17.6 Å². The highest BCUT2D eigenvalue weighted by molar-refractivity contribution is 8.02. The molecule has 2 aliphatic rings. The van der Waals surface area contributed by atoms with E-state index >= 15 is 0 Å². The van der Waals surface area contributed by atoms with Crippen LogP contribution in [0.5, 0.6) is 0 Å². The van der Waals surface area contributed by atoms with Crippen molar-refractivity contribution in [1.82, 2.24) is 0 Å². The maximum absolute atomic E-state index is 13.8. The molecule has 3 aromatic rings. The predicted octanol–water partition coefficient (Wildman–Crippen LogP) is 4.44. The highest BCUT2D eigenvalue weighted by Gasteiger charge is 2.60. The summed E-state index contributed by atoms with van der Waals surface area (Å²) in [5.74, 6) is -1.07. The van der Waals surface area contributed by atoms with E-state index in [0.29, 0.717) is 11.4 Å². The largest absolute Gasteiger partial charge is 0.304 e. The molecular weight excluding hydrogens is 406 g/mol. The third-order valence-corrected chi connectivity index (χ3v) is 6.79. The van der Waals surface area contributed by atoms with E-state index in [4.69, 9.17) is 0 Å². The lowest BCUT2D eigenvalue weighted by Gasteiger charge is -2.33. The summed E-state index contributed by atoms with van der Waals surface area (Å²) in [6, 6.07) is 18.9. The summed E-state index contributed by atoms with van der Waals surface area (Å²) in [5.41, 5.74) is 2.68. The van der Waals surface area contributed by atoms with Gasteiger partial charge in [0.25, 0.3) is 5.91 Å².